The second kappa shape index (κ2) is 3.91. The fourth-order valence-corrected chi connectivity index (χ4v) is 2.54. The highest BCUT2D eigenvalue weighted by Crippen LogP contribution is 2.30. The molecule has 0 atom stereocenters. The zero-order valence-corrected chi connectivity index (χ0v) is 9.09. The molecule has 2 nitrogen and oxygen atoms in total. The molecule has 1 aromatic carbocycles. The van der Waals surface area contributed by atoms with Crippen LogP contribution in [0.1, 0.15) is 24.3 Å². The Kier molecular flexibility index (Phi) is 2.40. The monoisotopic (exact) mass is 218 g/mol. The minimum atomic E-state index is -0.0677. The largest absolute Gasteiger partial charge is 0.361 e. The van der Waals surface area contributed by atoms with Crippen LogP contribution in [0.25, 0.3) is 10.9 Å². The lowest BCUT2D eigenvalue weighted by molar-refractivity contribution is 0.445. The van der Waals surface area contributed by atoms with Crippen molar-refractivity contribution < 1.29 is 4.39 Å². The van der Waals surface area contributed by atoms with Gasteiger partial charge in [-0.2, -0.15) is 0 Å². The lowest BCUT2D eigenvalue weighted by Gasteiger charge is -2.23. The van der Waals surface area contributed by atoms with Crippen LogP contribution in [-0.4, -0.2) is 18.1 Å². The van der Waals surface area contributed by atoms with Crippen LogP contribution < -0.4 is 5.32 Å². The predicted molar refractivity (Wildman–Crippen MR) is 63.1 cm³/mol. The van der Waals surface area contributed by atoms with Gasteiger partial charge in [0.15, 0.2) is 0 Å². The number of nitrogens with one attached hydrogen (secondary N) is 2. The minimum Gasteiger partial charge on any atom is -0.361 e. The fourth-order valence-electron chi connectivity index (χ4n) is 2.54. The molecule has 1 aliphatic rings. The standard InChI is InChI=1S/C13H15FN2/c14-12-8-13-10(3-6-16-13)7-11(12)9-1-4-15-5-2-9/h3,6-9,15-16H,1-2,4-5H2. The van der Waals surface area contributed by atoms with Gasteiger partial charge in [-0.25, -0.2) is 4.39 Å². The number of H-pyrrole nitrogens is 1. The van der Waals surface area contributed by atoms with E-state index in [4.69, 9.17) is 0 Å². The van der Waals surface area contributed by atoms with Gasteiger partial charge < -0.3 is 10.3 Å². The van der Waals surface area contributed by atoms with Gasteiger partial charge >= 0.3 is 0 Å². The summed E-state index contributed by atoms with van der Waals surface area (Å²) in [4.78, 5) is 3.04. The van der Waals surface area contributed by atoms with E-state index in [0.29, 0.717) is 5.92 Å². The van der Waals surface area contributed by atoms with E-state index >= 15 is 0 Å². The van der Waals surface area contributed by atoms with Gasteiger partial charge in [-0.3, -0.25) is 0 Å². The van der Waals surface area contributed by atoms with Crippen LogP contribution in [0.15, 0.2) is 24.4 Å². The summed E-state index contributed by atoms with van der Waals surface area (Å²) in [5, 5.41) is 4.41. The van der Waals surface area contributed by atoms with Crippen molar-refractivity contribution in [3.63, 3.8) is 0 Å². The molecule has 0 amide bonds. The summed E-state index contributed by atoms with van der Waals surface area (Å²) in [6.07, 6.45) is 3.93. The maximum absolute atomic E-state index is 13.9. The zero-order chi connectivity index (χ0) is 11.0. The molecule has 0 aliphatic carbocycles. The van der Waals surface area contributed by atoms with Gasteiger partial charge in [-0.1, -0.05) is 0 Å². The molecule has 3 rings (SSSR count). The molecule has 0 unspecified atom stereocenters. The quantitative estimate of drug-likeness (QED) is 0.756. The van der Waals surface area contributed by atoms with E-state index < -0.39 is 0 Å². The Morgan fingerprint density at radius 1 is 1.19 bits per heavy atom. The van der Waals surface area contributed by atoms with Crippen molar-refractivity contribution in [3.05, 3.63) is 35.8 Å². The number of hydrogen-bond acceptors (Lipinski definition) is 1. The summed E-state index contributed by atoms with van der Waals surface area (Å²) in [5.74, 6) is 0.308. The minimum absolute atomic E-state index is 0.0677. The first-order chi connectivity index (χ1) is 7.84. The van der Waals surface area contributed by atoms with Crippen LogP contribution in [0.4, 0.5) is 4.39 Å². The van der Waals surface area contributed by atoms with Crippen LogP contribution in [-0.2, 0) is 0 Å². The molecule has 1 aliphatic heterocycles. The third-order valence-electron chi connectivity index (χ3n) is 3.45. The number of halogens is 1. The number of rotatable bonds is 1. The van der Waals surface area contributed by atoms with Gasteiger partial charge in [0, 0.05) is 11.7 Å². The molecule has 0 radical (unpaired) electrons. The summed E-state index contributed by atoms with van der Waals surface area (Å²) in [6, 6.07) is 5.61. The molecule has 2 heterocycles. The second-order valence-electron chi connectivity index (χ2n) is 4.46. The Morgan fingerprint density at radius 3 is 2.81 bits per heavy atom. The first-order valence-corrected chi connectivity index (χ1v) is 5.82. The van der Waals surface area contributed by atoms with E-state index in [1.807, 2.05) is 18.3 Å². The smallest absolute Gasteiger partial charge is 0.128 e. The predicted octanol–water partition coefficient (Wildman–Crippen LogP) is 2.77. The van der Waals surface area contributed by atoms with Crippen molar-refractivity contribution in [1.82, 2.24) is 10.3 Å². The van der Waals surface area contributed by atoms with E-state index in [1.165, 1.54) is 0 Å². The highest BCUT2D eigenvalue weighted by molar-refractivity contribution is 5.80. The Balaban J connectivity index is 2.03. The van der Waals surface area contributed by atoms with Gasteiger partial charge in [0.2, 0.25) is 0 Å². The summed E-state index contributed by atoms with van der Waals surface area (Å²) in [6.45, 7) is 1.99. The number of hydrogen-bond donors (Lipinski definition) is 2. The van der Waals surface area contributed by atoms with Gasteiger partial charge in [0.05, 0.1) is 0 Å². The van der Waals surface area contributed by atoms with Crippen LogP contribution in [0.2, 0.25) is 0 Å². The van der Waals surface area contributed by atoms with Crippen LogP contribution in [0, 0.1) is 5.82 Å². The summed E-state index contributed by atoms with van der Waals surface area (Å²) >= 11 is 0. The molecule has 1 saturated heterocycles. The number of piperidine rings is 1. The second-order valence-corrected chi connectivity index (χ2v) is 4.46. The molecule has 0 spiro atoms. The Labute approximate surface area is 93.9 Å². The van der Waals surface area contributed by atoms with Crippen molar-refractivity contribution in [3.8, 4) is 0 Å². The molecular weight excluding hydrogens is 203 g/mol. The number of aromatic amines is 1. The zero-order valence-electron chi connectivity index (χ0n) is 9.09. The lowest BCUT2D eigenvalue weighted by Crippen LogP contribution is -2.27. The third-order valence-corrected chi connectivity index (χ3v) is 3.45. The van der Waals surface area contributed by atoms with Crippen molar-refractivity contribution >= 4 is 10.9 Å². The summed E-state index contributed by atoms with van der Waals surface area (Å²) in [7, 11) is 0. The highest BCUT2D eigenvalue weighted by Gasteiger charge is 2.19. The number of aromatic nitrogens is 1. The van der Waals surface area contributed by atoms with Gasteiger partial charge in [0.1, 0.15) is 5.82 Å². The average Bonchev–Trinajstić information content (AvgIpc) is 2.76. The van der Waals surface area contributed by atoms with Crippen LogP contribution >= 0.6 is 0 Å². The number of benzene rings is 1. The normalized spacial score (nSPS) is 18.1. The SMILES string of the molecule is Fc1cc2[nH]ccc2cc1C1CCNCC1. The Hall–Kier alpha value is -1.35. The Bertz CT molecular complexity index is 498. The van der Waals surface area contributed by atoms with E-state index in [0.717, 1.165) is 42.4 Å². The fraction of sp³-hybridized carbons (Fsp3) is 0.385. The highest BCUT2D eigenvalue weighted by atomic mass is 19.1. The maximum Gasteiger partial charge on any atom is 0.128 e. The first kappa shape index (κ1) is 9.85. The van der Waals surface area contributed by atoms with Crippen molar-refractivity contribution in [1.29, 1.82) is 0 Å². The van der Waals surface area contributed by atoms with E-state index in [1.54, 1.807) is 6.07 Å². The molecule has 0 bridgehead atoms. The molecule has 1 fully saturated rings. The molecule has 2 aromatic rings. The van der Waals surface area contributed by atoms with Gasteiger partial charge in [-0.05, 0) is 61.0 Å². The van der Waals surface area contributed by atoms with Crippen molar-refractivity contribution in [2.24, 2.45) is 0 Å². The summed E-state index contributed by atoms with van der Waals surface area (Å²) in [5.41, 5.74) is 1.77. The molecular formula is C13H15FN2. The lowest BCUT2D eigenvalue weighted by atomic mass is 9.89. The first-order valence-electron chi connectivity index (χ1n) is 5.82. The molecule has 16 heavy (non-hydrogen) atoms. The number of fused-ring (bicyclic) bond motifs is 1. The molecule has 0 saturated carbocycles. The molecule has 1 aromatic heterocycles. The molecule has 84 valence electrons. The van der Waals surface area contributed by atoms with Crippen molar-refractivity contribution in [2.75, 3.05) is 13.1 Å². The molecule has 2 N–H and O–H groups in total. The van der Waals surface area contributed by atoms with E-state index in [-0.39, 0.29) is 5.82 Å². The van der Waals surface area contributed by atoms with Gasteiger partial charge in [0.25, 0.3) is 0 Å². The van der Waals surface area contributed by atoms with E-state index in [9.17, 15) is 4.39 Å². The Morgan fingerprint density at radius 2 is 2.00 bits per heavy atom. The van der Waals surface area contributed by atoms with E-state index in [2.05, 4.69) is 10.3 Å². The molecule has 3 heteroatoms. The average molecular weight is 218 g/mol. The van der Waals surface area contributed by atoms with Gasteiger partial charge in [-0.15, -0.1) is 0 Å². The van der Waals surface area contributed by atoms with Crippen LogP contribution in [0.5, 0.6) is 0 Å². The van der Waals surface area contributed by atoms with Crippen LogP contribution in [0.3, 0.4) is 0 Å². The maximum atomic E-state index is 13.9. The summed E-state index contributed by atoms with van der Waals surface area (Å²) < 4.78 is 13.9. The van der Waals surface area contributed by atoms with Crippen molar-refractivity contribution in [2.45, 2.75) is 18.8 Å². The third kappa shape index (κ3) is 1.61. The topological polar surface area (TPSA) is 27.8 Å².